The van der Waals surface area contributed by atoms with Crippen LogP contribution in [0.2, 0.25) is 5.02 Å². The first-order valence-electron chi connectivity index (χ1n) is 6.09. The molecule has 0 amide bonds. The summed E-state index contributed by atoms with van der Waals surface area (Å²) in [6.07, 6.45) is 0. The minimum Gasteiger partial charge on any atom is -0.411 e. The highest BCUT2D eigenvalue weighted by Gasteiger charge is 2.46. The fourth-order valence-electron chi connectivity index (χ4n) is 2.84. The van der Waals surface area contributed by atoms with Crippen LogP contribution in [0.1, 0.15) is 25.5 Å². The van der Waals surface area contributed by atoms with Gasteiger partial charge in [-0.3, -0.25) is 9.69 Å². The number of nitrogens with zero attached hydrogens (tertiary/aromatic N) is 2. The minimum absolute atomic E-state index is 0.0669. The van der Waals surface area contributed by atoms with Crippen LogP contribution in [0.4, 0.5) is 0 Å². The first kappa shape index (κ1) is 14.0. The van der Waals surface area contributed by atoms with Crippen molar-refractivity contribution in [1.82, 2.24) is 4.90 Å². The monoisotopic (exact) mass is 280 g/mol. The summed E-state index contributed by atoms with van der Waals surface area (Å²) in [6, 6.07) is 7.43. The summed E-state index contributed by atoms with van der Waals surface area (Å²) < 4.78 is 0. The summed E-state index contributed by atoms with van der Waals surface area (Å²) in [5, 5.41) is 12.7. The van der Waals surface area contributed by atoms with Crippen LogP contribution in [-0.2, 0) is 4.79 Å². The van der Waals surface area contributed by atoms with Crippen LogP contribution in [-0.4, -0.2) is 35.2 Å². The number of benzene rings is 1. The smallest absolute Gasteiger partial charge is 0.189 e. The van der Waals surface area contributed by atoms with Gasteiger partial charge in [-0.25, -0.2) is 0 Å². The first-order chi connectivity index (χ1) is 8.87. The van der Waals surface area contributed by atoms with Gasteiger partial charge in [-0.2, -0.15) is 0 Å². The highest BCUT2D eigenvalue weighted by atomic mass is 35.5. The molecule has 1 heterocycles. The average Bonchev–Trinajstić information content (AvgIpc) is 2.36. The Labute approximate surface area is 117 Å². The molecule has 1 aromatic carbocycles. The lowest BCUT2D eigenvalue weighted by Crippen LogP contribution is -2.52. The predicted octanol–water partition coefficient (Wildman–Crippen LogP) is 2.75. The molecule has 1 atom stereocenters. The second kappa shape index (κ2) is 4.94. The molecule has 0 unspecified atom stereocenters. The molecule has 1 N–H and O–H groups in total. The van der Waals surface area contributed by atoms with E-state index in [4.69, 9.17) is 16.8 Å². The molecule has 0 saturated carbocycles. The SMILES string of the molecule is CN1C/C(=N\O)C(=O)C(C)(C)[C@@H]1c1ccc(Cl)cc1. The van der Waals surface area contributed by atoms with Gasteiger partial charge < -0.3 is 5.21 Å². The number of rotatable bonds is 1. The average molecular weight is 281 g/mol. The van der Waals surface area contributed by atoms with Crippen LogP contribution in [0.5, 0.6) is 0 Å². The fraction of sp³-hybridized carbons (Fsp3) is 0.429. The van der Waals surface area contributed by atoms with E-state index in [9.17, 15) is 4.79 Å². The van der Waals surface area contributed by atoms with E-state index in [0.717, 1.165) is 5.56 Å². The molecule has 0 spiro atoms. The Balaban J connectivity index is 2.44. The largest absolute Gasteiger partial charge is 0.411 e. The van der Waals surface area contributed by atoms with Crippen LogP contribution < -0.4 is 0 Å². The highest BCUT2D eigenvalue weighted by molar-refractivity contribution is 6.43. The van der Waals surface area contributed by atoms with E-state index in [1.165, 1.54) is 0 Å². The highest BCUT2D eigenvalue weighted by Crippen LogP contribution is 2.41. The number of halogens is 1. The first-order valence-corrected chi connectivity index (χ1v) is 6.47. The quantitative estimate of drug-likeness (QED) is 0.636. The number of Topliss-reactive ketones (excluding diaryl/α,β-unsaturated/α-hetero) is 1. The number of likely N-dealkylation sites (tertiary alicyclic amines) is 1. The maximum Gasteiger partial charge on any atom is 0.189 e. The van der Waals surface area contributed by atoms with Gasteiger partial charge in [0.2, 0.25) is 0 Å². The molecular formula is C14H17ClN2O2. The zero-order chi connectivity index (χ0) is 14.2. The van der Waals surface area contributed by atoms with Gasteiger partial charge in [0.15, 0.2) is 5.78 Å². The summed E-state index contributed by atoms with van der Waals surface area (Å²) in [5.74, 6) is -0.118. The molecule has 2 rings (SSSR count). The molecular weight excluding hydrogens is 264 g/mol. The van der Waals surface area contributed by atoms with E-state index >= 15 is 0 Å². The number of piperidine rings is 1. The molecule has 5 heteroatoms. The zero-order valence-corrected chi connectivity index (χ0v) is 12.0. The van der Waals surface area contributed by atoms with Crippen LogP contribution >= 0.6 is 11.6 Å². The third-order valence-electron chi connectivity index (χ3n) is 3.68. The van der Waals surface area contributed by atoms with Crippen LogP contribution in [0.15, 0.2) is 29.4 Å². The van der Waals surface area contributed by atoms with Gasteiger partial charge in [0, 0.05) is 23.0 Å². The predicted molar refractivity (Wildman–Crippen MR) is 74.8 cm³/mol. The summed E-state index contributed by atoms with van der Waals surface area (Å²) in [7, 11) is 1.92. The van der Waals surface area contributed by atoms with Gasteiger partial charge in [-0.15, -0.1) is 0 Å². The molecule has 1 fully saturated rings. The van der Waals surface area contributed by atoms with Gasteiger partial charge in [0.1, 0.15) is 5.71 Å². The van der Waals surface area contributed by atoms with Crippen molar-refractivity contribution < 1.29 is 10.0 Å². The Morgan fingerprint density at radius 3 is 2.47 bits per heavy atom. The Hall–Kier alpha value is -1.39. The van der Waals surface area contributed by atoms with Crippen LogP contribution in [0, 0.1) is 5.41 Å². The summed E-state index contributed by atoms with van der Waals surface area (Å²) >= 11 is 5.90. The molecule has 102 valence electrons. The zero-order valence-electron chi connectivity index (χ0n) is 11.2. The van der Waals surface area contributed by atoms with Crippen molar-refractivity contribution in [3.05, 3.63) is 34.9 Å². The van der Waals surface area contributed by atoms with Crippen molar-refractivity contribution in [2.45, 2.75) is 19.9 Å². The standard InChI is InChI=1S/C14H17ClN2O2/c1-14(2)12(9-4-6-10(15)7-5-9)17(3)8-11(16-19)13(14)18/h4-7,12,19H,8H2,1-3H3/b16-11+/t12-/m0/s1. The third kappa shape index (κ3) is 2.38. The Morgan fingerprint density at radius 1 is 1.37 bits per heavy atom. The van der Waals surface area contributed by atoms with Crippen molar-refractivity contribution >= 4 is 23.1 Å². The maximum absolute atomic E-state index is 12.3. The van der Waals surface area contributed by atoms with Gasteiger partial charge in [-0.05, 0) is 24.7 Å². The second-order valence-electron chi connectivity index (χ2n) is 5.47. The Bertz CT molecular complexity index is 523. The lowest BCUT2D eigenvalue weighted by atomic mass is 9.72. The van der Waals surface area contributed by atoms with Gasteiger partial charge in [0.05, 0.1) is 0 Å². The van der Waals surface area contributed by atoms with E-state index in [1.807, 2.05) is 50.1 Å². The Morgan fingerprint density at radius 2 is 1.95 bits per heavy atom. The van der Waals surface area contributed by atoms with Gasteiger partial charge in [-0.1, -0.05) is 42.7 Å². The molecule has 0 aliphatic carbocycles. The number of oxime groups is 1. The van der Waals surface area contributed by atoms with Crippen molar-refractivity contribution in [2.75, 3.05) is 13.6 Å². The van der Waals surface area contributed by atoms with E-state index in [-0.39, 0.29) is 17.5 Å². The van der Waals surface area contributed by atoms with Crippen molar-refractivity contribution in [3.63, 3.8) is 0 Å². The van der Waals surface area contributed by atoms with Crippen molar-refractivity contribution in [1.29, 1.82) is 0 Å². The molecule has 1 aliphatic heterocycles. The lowest BCUT2D eigenvalue weighted by molar-refractivity contribution is -0.126. The third-order valence-corrected chi connectivity index (χ3v) is 3.93. The molecule has 0 bridgehead atoms. The van der Waals surface area contributed by atoms with Crippen LogP contribution in [0.25, 0.3) is 0 Å². The lowest BCUT2D eigenvalue weighted by Gasteiger charge is -2.43. The normalized spacial score (nSPS) is 25.8. The molecule has 19 heavy (non-hydrogen) atoms. The minimum atomic E-state index is -0.650. The summed E-state index contributed by atoms with van der Waals surface area (Å²) in [4.78, 5) is 14.3. The summed E-state index contributed by atoms with van der Waals surface area (Å²) in [5.41, 5.74) is 0.586. The topological polar surface area (TPSA) is 52.9 Å². The fourth-order valence-corrected chi connectivity index (χ4v) is 2.97. The molecule has 4 nitrogen and oxygen atoms in total. The molecule has 0 radical (unpaired) electrons. The summed E-state index contributed by atoms with van der Waals surface area (Å²) in [6.45, 7) is 4.08. The van der Waals surface area contributed by atoms with E-state index in [1.54, 1.807) is 0 Å². The number of carbonyl (C=O) groups excluding carboxylic acids is 1. The van der Waals surface area contributed by atoms with Crippen molar-refractivity contribution in [2.24, 2.45) is 10.6 Å². The Kier molecular flexibility index (Phi) is 3.65. The molecule has 1 aliphatic rings. The number of carbonyl (C=O) groups is 1. The number of hydrogen-bond donors (Lipinski definition) is 1. The molecule has 1 saturated heterocycles. The van der Waals surface area contributed by atoms with Crippen molar-refractivity contribution in [3.8, 4) is 0 Å². The molecule has 1 aromatic rings. The van der Waals surface area contributed by atoms with Gasteiger partial charge in [0.25, 0.3) is 0 Å². The van der Waals surface area contributed by atoms with E-state index in [0.29, 0.717) is 11.6 Å². The maximum atomic E-state index is 12.3. The number of ketones is 1. The van der Waals surface area contributed by atoms with Gasteiger partial charge >= 0.3 is 0 Å². The van der Waals surface area contributed by atoms with E-state index in [2.05, 4.69) is 5.16 Å². The van der Waals surface area contributed by atoms with Crippen LogP contribution in [0.3, 0.4) is 0 Å². The second-order valence-corrected chi connectivity index (χ2v) is 5.90. The van der Waals surface area contributed by atoms with E-state index < -0.39 is 5.41 Å². The molecule has 0 aromatic heterocycles. The number of hydrogen-bond acceptors (Lipinski definition) is 4.